The van der Waals surface area contributed by atoms with E-state index in [1.165, 1.54) is 11.1 Å². The van der Waals surface area contributed by atoms with Crippen LogP contribution in [0.5, 0.6) is 0 Å². The molecule has 0 saturated heterocycles. The summed E-state index contributed by atoms with van der Waals surface area (Å²) in [5, 5.41) is 11.0. The molecule has 0 fully saturated rings. The van der Waals surface area contributed by atoms with Gasteiger partial charge >= 0.3 is 0 Å². The molecule has 25 heavy (non-hydrogen) atoms. The third-order valence-corrected chi connectivity index (χ3v) is 5.32. The van der Waals surface area contributed by atoms with Crippen molar-refractivity contribution >= 4 is 11.6 Å². The average Bonchev–Trinajstić information content (AvgIpc) is 2.54. The van der Waals surface area contributed by atoms with Gasteiger partial charge < -0.3 is 5.11 Å². The lowest BCUT2D eigenvalue weighted by molar-refractivity contribution is 0.0576. The van der Waals surface area contributed by atoms with Gasteiger partial charge in [-0.15, -0.1) is 11.6 Å². The molecule has 2 heteroatoms. The van der Waals surface area contributed by atoms with Crippen LogP contribution in [0.3, 0.4) is 0 Å². The van der Waals surface area contributed by atoms with Crippen molar-refractivity contribution in [3.05, 3.63) is 70.8 Å². The molecular weight excluding hydrogens is 328 g/mol. The Kier molecular flexibility index (Phi) is 6.35. The lowest BCUT2D eigenvalue weighted by atomic mass is 9.84. The van der Waals surface area contributed by atoms with Crippen LogP contribution in [-0.4, -0.2) is 11.0 Å². The first-order valence-corrected chi connectivity index (χ1v) is 9.62. The predicted octanol–water partition coefficient (Wildman–Crippen LogP) is 5.85. The van der Waals surface area contributed by atoms with Crippen LogP contribution in [-0.2, 0) is 23.9 Å². The molecular formula is C23H31ClO. The summed E-state index contributed by atoms with van der Waals surface area (Å²) in [6.07, 6.45) is 1.58. The highest BCUT2D eigenvalue weighted by Crippen LogP contribution is 2.28. The summed E-state index contributed by atoms with van der Waals surface area (Å²) in [5.41, 5.74) is 3.96. The fraction of sp³-hybridized carbons (Fsp3) is 0.478. The summed E-state index contributed by atoms with van der Waals surface area (Å²) in [4.78, 5) is 0. The normalized spacial score (nSPS) is 15.6. The third kappa shape index (κ3) is 5.59. The van der Waals surface area contributed by atoms with Gasteiger partial charge in [0.2, 0.25) is 0 Å². The minimum absolute atomic E-state index is 0.150. The van der Waals surface area contributed by atoms with E-state index >= 15 is 0 Å². The van der Waals surface area contributed by atoms with Gasteiger partial charge in [0, 0.05) is 12.3 Å². The number of aliphatic hydroxyl groups is 1. The Morgan fingerprint density at radius 1 is 0.840 bits per heavy atom. The Bertz CT molecular complexity index is 663. The summed E-state index contributed by atoms with van der Waals surface area (Å²) in [7, 11) is 0. The van der Waals surface area contributed by atoms with Gasteiger partial charge in [-0.05, 0) is 46.9 Å². The molecule has 0 aliphatic heterocycles. The number of rotatable bonds is 6. The van der Waals surface area contributed by atoms with E-state index in [1.807, 2.05) is 19.1 Å². The second-order valence-electron chi connectivity index (χ2n) is 8.56. The maximum absolute atomic E-state index is 11.0. The van der Waals surface area contributed by atoms with E-state index in [9.17, 15) is 5.11 Å². The van der Waals surface area contributed by atoms with E-state index in [0.29, 0.717) is 18.2 Å². The van der Waals surface area contributed by atoms with Crippen LogP contribution >= 0.6 is 11.6 Å². The minimum atomic E-state index is -0.875. The number of hydrogen-bond donors (Lipinski definition) is 1. The van der Waals surface area contributed by atoms with E-state index in [0.717, 1.165) is 17.5 Å². The van der Waals surface area contributed by atoms with Gasteiger partial charge in [0.15, 0.2) is 0 Å². The van der Waals surface area contributed by atoms with E-state index < -0.39 is 5.60 Å². The monoisotopic (exact) mass is 358 g/mol. The molecule has 0 aliphatic carbocycles. The van der Waals surface area contributed by atoms with E-state index in [4.69, 9.17) is 11.6 Å². The molecule has 0 bridgehead atoms. The summed E-state index contributed by atoms with van der Waals surface area (Å²) in [5.74, 6) is 1.14. The molecule has 1 nitrogen and oxygen atoms in total. The van der Waals surface area contributed by atoms with Crippen LogP contribution in [0.2, 0.25) is 0 Å². The zero-order valence-electron chi connectivity index (χ0n) is 16.1. The lowest BCUT2D eigenvalue weighted by Gasteiger charge is -2.25. The SMILES string of the molecule is CC(CCl)Cc1ccc(C(C)(O)Cc2ccc(C(C)(C)C)cc2)cc1. The van der Waals surface area contributed by atoms with E-state index in [1.54, 1.807) is 0 Å². The summed E-state index contributed by atoms with van der Waals surface area (Å²) in [6, 6.07) is 16.9. The topological polar surface area (TPSA) is 20.2 Å². The molecule has 2 unspecified atom stereocenters. The van der Waals surface area contributed by atoms with Gasteiger partial charge in [-0.3, -0.25) is 0 Å². The lowest BCUT2D eigenvalue weighted by Crippen LogP contribution is -2.24. The van der Waals surface area contributed by atoms with Crippen LogP contribution in [0.1, 0.15) is 56.9 Å². The van der Waals surface area contributed by atoms with Gasteiger partial charge in [0.05, 0.1) is 5.60 Å². The Morgan fingerprint density at radius 2 is 1.32 bits per heavy atom. The molecule has 0 amide bonds. The molecule has 2 aromatic rings. The van der Waals surface area contributed by atoms with Crippen molar-refractivity contribution in [1.29, 1.82) is 0 Å². The molecule has 136 valence electrons. The van der Waals surface area contributed by atoms with E-state index in [2.05, 4.69) is 64.1 Å². The highest BCUT2D eigenvalue weighted by molar-refractivity contribution is 6.18. The Labute approximate surface area is 158 Å². The first-order chi connectivity index (χ1) is 11.6. The third-order valence-electron chi connectivity index (χ3n) is 4.79. The molecule has 0 radical (unpaired) electrons. The van der Waals surface area contributed by atoms with Gasteiger partial charge in [-0.1, -0.05) is 76.2 Å². The fourth-order valence-electron chi connectivity index (χ4n) is 3.08. The van der Waals surface area contributed by atoms with Crippen molar-refractivity contribution in [1.82, 2.24) is 0 Å². The number of hydrogen-bond acceptors (Lipinski definition) is 1. The van der Waals surface area contributed by atoms with Gasteiger partial charge in [0.25, 0.3) is 0 Å². The fourth-order valence-corrected chi connectivity index (χ4v) is 3.19. The van der Waals surface area contributed by atoms with Crippen molar-refractivity contribution in [3.63, 3.8) is 0 Å². The molecule has 1 N–H and O–H groups in total. The standard InChI is InChI=1S/C23H31ClO/c1-17(16-24)14-18-6-12-21(13-7-18)23(5,25)15-19-8-10-20(11-9-19)22(2,3)4/h6-13,17,25H,14-16H2,1-5H3. The van der Waals surface area contributed by atoms with Crippen molar-refractivity contribution in [2.45, 2.75) is 58.5 Å². The van der Waals surface area contributed by atoms with Gasteiger partial charge in [-0.25, -0.2) is 0 Å². The van der Waals surface area contributed by atoms with Gasteiger partial charge in [-0.2, -0.15) is 0 Å². The molecule has 2 aromatic carbocycles. The number of alkyl halides is 1. The predicted molar refractivity (Wildman–Crippen MR) is 108 cm³/mol. The second kappa shape index (κ2) is 7.93. The van der Waals surface area contributed by atoms with Crippen molar-refractivity contribution in [2.24, 2.45) is 5.92 Å². The summed E-state index contributed by atoms with van der Waals surface area (Å²) >= 11 is 5.90. The molecule has 0 aromatic heterocycles. The van der Waals surface area contributed by atoms with Crippen LogP contribution in [0.4, 0.5) is 0 Å². The maximum Gasteiger partial charge on any atom is 0.0908 e. The zero-order valence-corrected chi connectivity index (χ0v) is 16.9. The van der Waals surface area contributed by atoms with Crippen LogP contribution in [0.15, 0.2) is 48.5 Å². The summed E-state index contributed by atoms with van der Waals surface area (Å²) in [6.45, 7) is 10.7. The molecule has 0 heterocycles. The highest BCUT2D eigenvalue weighted by atomic mass is 35.5. The maximum atomic E-state index is 11.0. The van der Waals surface area contributed by atoms with Crippen molar-refractivity contribution < 1.29 is 5.11 Å². The van der Waals surface area contributed by atoms with Crippen LogP contribution in [0, 0.1) is 5.92 Å². The Morgan fingerprint density at radius 3 is 1.80 bits per heavy atom. The average molecular weight is 359 g/mol. The van der Waals surface area contributed by atoms with Crippen LogP contribution < -0.4 is 0 Å². The minimum Gasteiger partial charge on any atom is -0.385 e. The smallest absolute Gasteiger partial charge is 0.0908 e. The first kappa shape index (κ1) is 20.0. The first-order valence-electron chi connectivity index (χ1n) is 9.09. The van der Waals surface area contributed by atoms with Gasteiger partial charge in [0.1, 0.15) is 0 Å². The zero-order chi connectivity index (χ0) is 18.7. The Hall–Kier alpha value is -1.31. The number of halogens is 1. The van der Waals surface area contributed by atoms with Crippen LogP contribution in [0.25, 0.3) is 0 Å². The molecule has 0 saturated carbocycles. The quantitative estimate of drug-likeness (QED) is 0.642. The number of benzene rings is 2. The molecule has 0 aliphatic rings. The largest absolute Gasteiger partial charge is 0.385 e. The Balaban J connectivity index is 2.10. The molecule has 2 atom stereocenters. The van der Waals surface area contributed by atoms with Crippen molar-refractivity contribution in [3.8, 4) is 0 Å². The molecule has 0 spiro atoms. The highest BCUT2D eigenvalue weighted by Gasteiger charge is 2.24. The summed E-state index contributed by atoms with van der Waals surface area (Å²) < 4.78 is 0. The van der Waals surface area contributed by atoms with E-state index in [-0.39, 0.29) is 5.41 Å². The molecule has 2 rings (SSSR count). The van der Waals surface area contributed by atoms with Crippen molar-refractivity contribution in [2.75, 3.05) is 5.88 Å². The second-order valence-corrected chi connectivity index (χ2v) is 8.87.